The van der Waals surface area contributed by atoms with E-state index >= 15 is 0 Å². The van der Waals surface area contributed by atoms with Crippen molar-refractivity contribution in [2.75, 3.05) is 0 Å². The topological polar surface area (TPSA) is 26.3 Å². The van der Waals surface area contributed by atoms with Crippen LogP contribution < -0.4 is 0 Å². The maximum atomic E-state index is 11.5. The molecule has 0 saturated carbocycles. The highest BCUT2D eigenvalue weighted by Crippen LogP contribution is 2.31. The van der Waals surface area contributed by atoms with Crippen LogP contribution >= 0.6 is 0 Å². The number of benzene rings is 3. The molecule has 0 N–H and O–H groups in total. The third kappa shape index (κ3) is 3.74. The Morgan fingerprint density at radius 2 is 1.00 bits per heavy atom. The summed E-state index contributed by atoms with van der Waals surface area (Å²) < 4.78 is 6.13. The van der Waals surface area contributed by atoms with Gasteiger partial charge in [0, 0.05) is 0 Å². The molecule has 0 bridgehead atoms. The molecule has 1 unspecified atom stereocenters. The van der Waals surface area contributed by atoms with Gasteiger partial charge in [-0.2, -0.15) is 0 Å². The third-order valence-electron chi connectivity index (χ3n) is 3.69. The molecular formula is C21H17O2. The first-order valence-electron chi connectivity index (χ1n) is 7.56. The molecule has 2 nitrogen and oxygen atoms in total. The normalized spacial score (nSPS) is 12.0. The Kier molecular flexibility index (Phi) is 4.97. The Morgan fingerprint density at radius 1 is 0.609 bits per heavy atom. The van der Waals surface area contributed by atoms with E-state index in [1.165, 1.54) is 0 Å². The molecule has 1 atom stereocenters. The molecule has 0 spiro atoms. The van der Waals surface area contributed by atoms with E-state index in [-0.39, 0.29) is 6.10 Å². The summed E-state index contributed by atoms with van der Waals surface area (Å²) in [4.78, 5) is 11.5. The molecule has 0 saturated heterocycles. The van der Waals surface area contributed by atoms with Crippen LogP contribution in [0.15, 0.2) is 91.0 Å². The molecular weight excluding hydrogens is 284 g/mol. The Hall–Kier alpha value is -2.71. The summed E-state index contributed by atoms with van der Waals surface area (Å²) in [5.74, 6) is 0. The summed E-state index contributed by atoms with van der Waals surface area (Å²) in [6.45, 7) is 0. The second-order valence-corrected chi connectivity index (χ2v) is 5.25. The smallest absolute Gasteiger partial charge is 0.234 e. The van der Waals surface area contributed by atoms with E-state index in [1.54, 1.807) is 0 Å². The average molecular weight is 301 g/mol. The summed E-state index contributed by atoms with van der Waals surface area (Å²) in [6.07, 6.45) is 0.980. The fourth-order valence-electron chi connectivity index (χ4n) is 2.54. The van der Waals surface area contributed by atoms with Gasteiger partial charge in [0.1, 0.15) is 12.2 Å². The SMILES string of the molecule is O=[C]C(OC(c1ccccc1)c1ccccc1)c1ccccc1. The highest BCUT2D eigenvalue weighted by atomic mass is 16.5. The summed E-state index contributed by atoms with van der Waals surface area (Å²) in [5.41, 5.74) is 2.82. The standard InChI is InChI=1S/C21H17O2/c22-16-20(17-10-4-1-5-11-17)23-21(18-12-6-2-7-13-18)19-14-8-3-9-15-19/h1-15,20-21H. The van der Waals surface area contributed by atoms with Crippen molar-refractivity contribution in [2.24, 2.45) is 0 Å². The van der Waals surface area contributed by atoms with Gasteiger partial charge in [0.25, 0.3) is 0 Å². The molecule has 0 aromatic heterocycles. The van der Waals surface area contributed by atoms with Crippen molar-refractivity contribution in [3.05, 3.63) is 108 Å². The van der Waals surface area contributed by atoms with Crippen molar-refractivity contribution in [2.45, 2.75) is 12.2 Å². The lowest BCUT2D eigenvalue weighted by atomic mass is 10.0. The van der Waals surface area contributed by atoms with Crippen molar-refractivity contribution >= 4 is 6.29 Å². The van der Waals surface area contributed by atoms with Gasteiger partial charge in [-0.05, 0) is 16.7 Å². The monoisotopic (exact) mass is 301 g/mol. The lowest BCUT2D eigenvalue weighted by molar-refractivity contribution is 0.0452. The molecule has 3 aromatic carbocycles. The number of hydrogen-bond donors (Lipinski definition) is 0. The van der Waals surface area contributed by atoms with E-state index in [1.807, 2.05) is 97.3 Å². The maximum Gasteiger partial charge on any atom is 0.234 e. The molecule has 0 fully saturated rings. The van der Waals surface area contributed by atoms with Gasteiger partial charge in [-0.15, -0.1) is 0 Å². The summed E-state index contributed by atoms with van der Waals surface area (Å²) >= 11 is 0. The van der Waals surface area contributed by atoms with Crippen molar-refractivity contribution in [3.8, 4) is 0 Å². The van der Waals surface area contributed by atoms with Gasteiger partial charge >= 0.3 is 0 Å². The van der Waals surface area contributed by atoms with Crippen LogP contribution in [0.5, 0.6) is 0 Å². The molecule has 0 aliphatic heterocycles. The van der Waals surface area contributed by atoms with Gasteiger partial charge in [-0.3, -0.25) is 4.79 Å². The van der Waals surface area contributed by atoms with Crippen LogP contribution in [-0.2, 0) is 9.53 Å². The first-order chi connectivity index (χ1) is 11.4. The highest BCUT2D eigenvalue weighted by Gasteiger charge is 2.21. The molecule has 3 aromatic rings. The predicted octanol–water partition coefficient (Wildman–Crippen LogP) is 4.64. The third-order valence-corrected chi connectivity index (χ3v) is 3.69. The lowest BCUT2D eigenvalue weighted by Crippen LogP contribution is -2.13. The number of carbonyl (C=O) groups excluding carboxylic acids is 1. The van der Waals surface area contributed by atoms with Gasteiger partial charge in [0.15, 0.2) is 0 Å². The second kappa shape index (κ2) is 7.52. The van der Waals surface area contributed by atoms with Crippen molar-refractivity contribution in [1.82, 2.24) is 0 Å². The fraction of sp³-hybridized carbons (Fsp3) is 0.0952. The Bertz CT molecular complexity index is 684. The molecule has 1 radical (unpaired) electrons. The van der Waals surface area contributed by atoms with E-state index < -0.39 is 6.10 Å². The van der Waals surface area contributed by atoms with Gasteiger partial charge in [-0.25, -0.2) is 0 Å². The first kappa shape index (κ1) is 15.2. The summed E-state index contributed by atoms with van der Waals surface area (Å²) in [6, 6.07) is 29.3. The zero-order valence-electron chi connectivity index (χ0n) is 12.6. The van der Waals surface area contributed by atoms with Crippen LogP contribution in [0.2, 0.25) is 0 Å². The van der Waals surface area contributed by atoms with Crippen molar-refractivity contribution in [3.63, 3.8) is 0 Å². The predicted molar refractivity (Wildman–Crippen MR) is 90.7 cm³/mol. The van der Waals surface area contributed by atoms with E-state index in [4.69, 9.17) is 4.74 Å². The van der Waals surface area contributed by atoms with Crippen LogP contribution in [0.4, 0.5) is 0 Å². The largest absolute Gasteiger partial charge is 0.353 e. The molecule has 0 amide bonds. The Balaban J connectivity index is 1.94. The Labute approximate surface area is 136 Å². The zero-order valence-corrected chi connectivity index (χ0v) is 12.6. The number of ether oxygens (including phenoxy) is 1. The maximum absolute atomic E-state index is 11.5. The molecule has 2 heteroatoms. The van der Waals surface area contributed by atoms with Crippen LogP contribution in [0.25, 0.3) is 0 Å². The van der Waals surface area contributed by atoms with Crippen molar-refractivity contribution in [1.29, 1.82) is 0 Å². The molecule has 113 valence electrons. The second-order valence-electron chi connectivity index (χ2n) is 5.25. The van der Waals surface area contributed by atoms with Crippen molar-refractivity contribution < 1.29 is 9.53 Å². The van der Waals surface area contributed by atoms with Gasteiger partial charge < -0.3 is 4.74 Å². The first-order valence-corrected chi connectivity index (χ1v) is 7.56. The van der Waals surface area contributed by atoms with E-state index in [0.717, 1.165) is 16.7 Å². The highest BCUT2D eigenvalue weighted by molar-refractivity contribution is 5.60. The van der Waals surface area contributed by atoms with Crippen LogP contribution in [-0.4, -0.2) is 6.29 Å². The minimum Gasteiger partial charge on any atom is -0.353 e. The van der Waals surface area contributed by atoms with Crippen LogP contribution in [0.1, 0.15) is 28.9 Å². The van der Waals surface area contributed by atoms with E-state index in [2.05, 4.69) is 0 Å². The van der Waals surface area contributed by atoms with Crippen LogP contribution in [0.3, 0.4) is 0 Å². The van der Waals surface area contributed by atoms with Crippen LogP contribution in [0, 0.1) is 0 Å². The fourth-order valence-corrected chi connectivity index (χ4v) is 2.54. The Morgan fingerprint density at radius 3 is 1.39 bits per heavy atom. The summed E-state index contributed by atoms with van der Waals surface area (Å²) in [7, 11) is 0. The minimum absolute atomic E-state index is 0.316. The molecule has 23 heavy (non-hydrogen) atoms. The zero-order chi connectivity index (χ0) is 15.9. The average Bonchev–Trinajstić information content (AvgIpc) is 2.65. The number of rotatable bonds is 6. The van der Waals surface area contributed by atoms with Gasteiger partial charge in [0.05, 0.1) is 0 Å². The van der Waals surface area contributed by atoms with E-state index in [0.29, 0.717) is 0 Å². The lowest BCUT2D eigenvalue weighted by Gasteiger charge is -2.22. The van der Waals surface area contributed by atoms with Gasteiger partial charge in [0.2, 0.25) is 6.29 Å². The quantitative estimate of drug-likeness (QED) is 0.663. The molecule has 3 rings (SSSR count). The molecule has 0 aliphatic rings. The summed E-state index contributed by atoms with van der Waals surface area (Å²) in [5, 5.41) is 0. The molecule has 0 heterocycles. The molecule has 0 aliphatic carbocycles. The number of hydrogen-bond acceptors (Lipinski definition) is 2. The van der Waals surface area contributed by atoms with E-state index in [9.17, 15) is 4.79 Å². The minimum atomic E-state index is -0.721. The van der Waals surface area contributed by atoms with Gasteiger partial charge in [-0.1, -0.05) is 91.0 Å².